The van der Waals surface area contributed by atoms with Gasteiger partial charge >= 0.3 is 6.01 Å². The molecule has 4 nitrogen and oxygen atoms in total. The van der Waals surface area contributed by atoms with Crippen molar-refractivity contribution in [2.45, 2.75) is 32.6 Å². The van der Waals surface area contributed by atoms with E-state index < -0.39 is 0 Å². The molecule has 1 aliphatic rings. The fourth-order valence-corrected chi connectivity index (χ4v) is 2.50. The summed E-state index contributed by atoms with van der Waals surface area (Å²) < 4.78 is 5.54. The molecule has 2 heterocycles. The maximum atomic E-state index is 5.85. The molecule has 0 atom stereocenters. The van der Waals surface area contributed by atoms with Crippen molar-refractivity contribution in [2.24, 2.45) is 5.92 Å². The first-order chi connectivity index (χ1) is 8.74. The summed E-state index contributed by atoms with van der Waals surface area (Å²) in [6.07, 6.45) is 4.85. The number of ether oxygens (including phenoxy) is 1. The lowest BCUT2D eigenvalue weighted by Crippen LogP contribution is -2.27. The summed E-state index contributed by atoms with van der Waals surface area (Å²) in [5, 5.41) is 3.82. The van der Waals surface area contributed by atoms with Gasteiger partial charge in [-0.25, -0.2) is 4.98 Å². The van der Waals surface area contributed by atoms with Crippen molar-refractivity contribution in [2.75, 3.05) is 19.7 Å². The molecular weight excluding hydrogens is 285 g/mol. The van der Waals surface area contributed by atoms with Crippen LogP contribution in [0.5, 0.6) is 6.01 Å². The minimum atomic E-state index is 0. The van der Waals surface area contributed by atoms with E-state index in [1.165, 1.54) is 19.3 Å². The molecule has 19 heavy (non-hydrogen) atoms. The second-order valence-corrected chi connectivity index (χ2v) is 5.19. The highest BCUT2D eigenvalue weighted by atomic mass is 35.5. The lowest BCUT2D eigenvalue weighted by Gasteiger charge is -2.22. The minimum absolute atomic E-state index is 0. The molecule has 2 rings (SSSR count). The fraction of sp³-hybridized carbons (Fsp3) is 0.692. The van der Waals surface area contributed by atoms with Gasteiger partial charge in [-0.2, -0.15) is 4.98 Å². The zero-order valence-electron chi connectivity index (χ0n) is 11.2. The van der Waals surface area contributed by atoms with E-state index in [1.54, 1.807) is 6.07 Å². The van der Waals surface area contributed by atoms with Gasteiger partial charge < -0.3 is 10.1 Å². The Kier molecular flexibility index (Phi) is 7.42. The standard InChI is InChI=1S/C13H20ClN3O.ClH/c1-10-9-12(14)17-13(16-10)18-8-2-3-11-4-6-15-7-5-11;/h9,11,15H,2-8H2,1H3;1H. The molecule has 0 unspecified atom stereocenters. The Hall–Kier alpha value is -0.580. The van der Waals surface area contributed by atoms with Crippen molar-refractivity contribution < 1.29 is 4.74 Å². The molecule has 6 heteroatoms. The number of hydrogen-bond acceptors (Lipinski definition) is 4. The van der Waals surface area contributed by atoms with Crippen LogP contribution < -0.4 is 10.1 Å². The van der Waals surface area contributed by atoms with Gasteiger partial charge in [-0.1, -0.05) is 11.6 Å². The Morgan fingerprint density at radius 3 is 2.79 bits per heavy atom. The Labute approximate surface area is 125 Å². The van der Waals surface area contributed by atoms with E-state index in [9.17, 15) is 0 Å². The van der Waals surface area contributed by atoms with E-state index in [-0.39, 0.29) is 12.4 Å². The normalized spacial score (nSPS) is 15.9. The molecule has 1 aliphatic heterocycles. The van der Waals surface area contributed by atoms with Gasteiger partial charge in [0.05, 0.1) is 6.61 Å². The number of aromatic nitrogens is 2. The maximum Gasteiger partial charge on any atom is 0.318 e. The molecule has 1 saturated heterocycles. The topological polar surface area (TPSA) is 47.0 Å². The van der Waals surface area contributed by atoms with Gasteiger partial charge in [0.25, 0.3) is 0 Å². The van der Waals surface area contributed by atoms with Crippen LogP contribution in [0.25, 0.3) is 0 Å². The average molecular weight is 306 g/mol. The zero-order chi connectivity index (χ0) is 12.8. The summed E-state index contributed by atoms with van der Waals surface area (Å²) in [4.78, 5) is 8.23. The van der Waals surface area contributed by atoms with Crippen LogP contribution >= 0.6 is 24.0 Å². The lowest BCUT2D eigenvalue weighted by atomic mass is 9.93. The van der Waals surface area contributed by atoms with Crippen LogP contribution in [-0.4, -0.2) is 29.7 Å². The molecule has 0 amide bonds. The van der Waals surface area contributed by atoms with E-state index in [2.05, 4.69) is 15.3 Å². The van der Waals surface area contributed by atoms with E-state index in [0.29, 0.717) is 17.8 Å². The van der Waals surface area contributed by atoms with Crippen molar-refractivity contribution in [3.8, 4) is 6.01 Å². The van der Waals surface area contributed by atoms with Gasteiger partial charge in [0.2, 0.25) is 0 Å². The molecule has 1 aromatic rings. The summed E-state index contributed by atoms with van der Waals surface area (Å²) >= 11 is 5.85. The number of aryl methyl sites for hydroxylation is 1. The second kappa shape index (κ2) is 8.56. The third-order valence-corrected chi connectivity index (χ3v) is 3.44. The Balaban J connectivity index is 0.00000180. The van der Waals surface area contributed by atoms with Crippen molar-refractivity contribution in [1.29, 1.82) is 0 Å². The SMILES string of the molecule is Cc1cc(Cl)nc(OCCCC2CCNCC2)n1.Cl. The molecule has 0 aromatic carbocycles. The molecule has 1 N–H and O–H groups in total. The van der Waals surface area contributed by atoms with Gasteiger partial charge in [0.15, 0.2) is 0 Å². The monoisotopic (exact) mass is 305 g/mol. The number of hydrogen-bond donors (Lipinski definition) is 1. The van der Waals surface area contributed by atoms with Crippen LogP contribution in [0, 0.1) is 12.8 Å². The fourth-order valence-electron chi connectivity index (χ4n) is 2.27. The van der Waals surface area contributed by atoms with Crippen LogP contribution in [0.1, 0.15) is 31.4 Å². The summed E-state index contributed by atoms with van der Waals surface area (Å²) in [7, 11) is 0. The van der Waals surface area contributed by atoms with Gasteiger partial charge in [0.1, 0.15) is 5.15 Å². The number of nitrogens with one attached hydrogen (secondary N) is 1. The van der Waals surface area contributed by atoms with Crippen molar-refractivity contribution in [1.82, 2.24) is 15.3 Å². The van der Waals surface area contributed by atoms with Crippen LogP contribution in [0.15, 0.2) is 6.07 Å². The molecule has 0 aliphatic carbocycles. The van der Waals surface area contributed by atoms with Crippen LogP contribution in [-0.2, 0) is 0 Å². The highest BCUT2D eigenvalue weighted by Crippen LogP contribution is 2.18. The summed E-state index contributed by atoms with van der Waals surface area (Å²) in [6, 6.07) is 2.12. The Morgan fingerprint density at radius 1 is 1.37 bits per heavy atom. The van der Waals surface area contributed by atoms with Crippen LogP contribution in [0.4, 0.5) is 0 Å². The number of rotatable bonds is 5. The molecule has 0 bridgehead atoms. The van der Waals surface area contributed by atoms with E-state index in [0.717, 1.165) is 31.1 Å². The quantitative estimate of drug-likeness (QED) is 0.671. The predicted octanol–water partition coefficient (Wildman–Crippen LogP) is 3.02. The van der Waals surface area contributed by atoms with Gasteiger partial charge in [-0.15, -0.1) is 12.4 Å². The zero-order valence-corrected chi connectivity index (χ0v) is 12.8. The molecule has 1 fully saturated rings. The smallest absolute Gasteiger partial charge is 0.318 e. The summed E-state index contributed by atoms with van der Waals surface area (Å²) in [5.74, 6) is 0.844. The molecular formula is C13H21Cl2N3O. The molecule has 0 spiro atoms. The highest BCUT2D eigenvalue weighted by molar-refractivity contribution is 6.29. The van der Waals surface area contributed by atoms with Gasteiger partial charge in [-0.05, 0) is 57.7 Å². The van der Waals surface area contributed by atoms with Crippen molar-refractivity contribution >= 4 is 24.0 Å². The van der Waals surface area contributed by atoms with Gasteiger partial charge in [-0.3, -0.25) is 0 Å². The van der Waals surface area contributed by atoms with E-state index in [4.69, 9.17) is 16.3 Å². The molecule has 108 valence electrons. The first-order valence-electron chi connectivity index (χ1n) is 6.59. The molecule has 0 saturated carbocycles. The number of piperidine rings is 1. The van der Waals surface area contributed by atoms with Crippen molar-refractivity contribution in [3.05, 3.63) is 16.9 Å². The first-order valence-corrected chi connectivity index (χ1v) is 6.96. The number of halogens is 2. The predicted molar refractivity (Wildman–Crippen MR) is 79.3 cm³/mol. The van der Waals surface area contributed by atoms with Crippen molar-refractivity contribution in [3.63, 3.8) is 0 Å². The molecule has 0 radical (unpaired) electrons. The third-order valence-electron chi connectivity index (χ3n) is 3.25. The largest absolute Gasteiger partial charge is 0.463 e. The van der Waals surface area contributed by atoms with E-state index in [1.807, 2.05) is 6.92 Å². The lowest BCUT2D eigenvalue weighted by molar-refractivity contribution is 0.258. The van der Waals surface area contributed by atoms with E-state index >= 15 is 0 Å². The maximum absolute atomic E-state index is 5.85. The van der Waals surface area contributed by atoms with Crippen LogP contribution in [0.3, 0.4) is 0 Å². The van der Waals surface area contributed by atoms with Crippen LogP contribution in [0.2, 0.25) is 5.15 Å². The summed E-state index contributed by atoms with van der Waals surface area (Å²) in [6.45, 7) is 4.86. The summed E-state index contributed by atoms with van der Waals surface area (Å²) in [5.41, 5.74) is 0.836. The highest BCUT2D eigenvalue weighted by Gasteiger charge is 2.12. The minimum Gasteiger partial charge on any atom is -0.463 e. The Morgan fingerprint density at radius 2 is 2.11 bits per heavy atom. The second-order valence-electron chi connectivity index (χ2n) is 4.80. The first kappa shape index (κ1) is 16.5. The number of nitrogens with zero attached hydrogens (tertiary/aromatic N) is 2. The average Bonchev–Trinajstić information content (AvgIpc) is 2.35. The molecule has 1 aromatic heterocycles. The Bertz CT molecular complexity index is 364. The third kappa shape index (κ3) is 5.93. The van der Waals surface area contributed by atoms with Gasteiger partial charge in [0, 0.05) is 5.69 Å².